The van der Waals surface area contributed by atoms with Crippen LogP contribution < -0.4 is 10.6 Å². The highest BCUT2D eigenvalue weighted by Crippen LogP contribution is 2.10. The van der Waals surface area contributed by atoms with Crippen molar-refractivity contribution in [1.29, 1.82) is 0 Å². The Morgan fingerprint density at radius 1 is 1.38 bits per heavy atom. The van der Waals surface area contributed by atoms with Gasteiger partial charge in [-0.15, -0.1) is 0 Å². The maximum atomic E-state index is 12.1. The molecule has 0 aliphatic heterocycles. The molecule has 0 bridgehead atoms. The number of carbonyl (C=O) groups excluding carboxylic acids is 2. The van der Waals surface area contributed by atoms with Crippen LogP contribution in [0.2, 0.25) is 0 Å². The van der Waals surface area contributed by atoms with Crippen molar-refractivity contribution in [2.45, 2.75) is 52.7 Å². The van der Waals surface area contributed by atoms with Crippen molar-refractivity contribution in [2.75, 3.05) is 5.32 Å². The number of aliphatic hydroxyl groups excluding tert-OH is 1. The highest BCUT2D eigenvalue weighted by atomic mass is 16.5. The largest absolute Gasteiger partial charge is 0.383 e. The number of aliphatic hydroxyl groups is 1. The number of anilines is 1. The predicted octanol–water partition coefficient (Wildman–Crippen LogP) is 1.22. The summed E-state index contributed by atoms with van der Waals surface area (Å²) in [7, 11) is 0. The maximum Gasteiger partial charge on any atom is 0.249 e. The Kier molecular flexibility index (Phi) is 6.36. The number of nitrogens with one attached hydrogen (secondary N) is 2. The molecular weight excluding hydrogens is 274 g/mol. The molecule has 0 saturated carbocycles. The second kappa shape index (κ2) is 7.78. The van der Waals surface area contributed by atoms with E-state index in [1.165, 1.54) is 0 Å². The van der Waals surface area contributed by atoms with Crippen molar-refractivity contribution in [1.82, 2.24) is 10.5 Å². The van der Waals surface area contributed by atoms with Gasteiger partial charge in [0.2, 0.25) is 17.7 Å². The number of nitrogens with zero attached hydrogens (tertiary/aromatic N) is 1. The first-order valence-electron chi connectivity index (χ1n) is 7.07. The fourth-order valence-electron chi connectivity index (χ4n) is 1.75. The highest BCUT2D eigenvalue weighted by Gasteiger charge is 2.26. The van der Waals surface area contributed by atoms with Gasteiger partial charge in [-0.2, -0.15) is 0 Å². The van der Waals surface area contributed by atoms with E-state index in [0.29, 0.717) is 18.5 Å². The molecule has 0 aromatic carbocycles. The van der Waals surface area contributed by atoms with Crippen LogP contribution >= 0.6 is 0 Å². The average molecular weight is 297 g/mol. The number of carbonyl (C=O) groups is 2. The molecule has 7 heteroatoms. The van der Waals surface area contributed by atoms with Crippen molar-refractivity contribution in [3.05, 3.63) is 11.8 Å². The van der Waals surface area contributed by atoms with Gasteiger partial charge >= 0.3 is 0 Å². The van der Waals surface area contributed by atoms with Crippen LogP contribution in [0.3, 0.4) is 0 Å². The molecule has 0 aliphatic rings. The molecule has 0 saturated heterocycles. The SMILES string of the molecule is CCCC(NC(=O)C(O)C(C)C)C(=O)Nc1cc(C)no1. The number of aryl methyl sites for hydroxylation is 1. The monoisotopic (exact) mass is 297 g/mol. The van der Waals surface area contributed by atoms with Gasteiger partial charge in [-0.05, 0) is 19.3 Å². The van der Waals surface area contributed by atoms with Crippen molar-refractivity contribution in [3.8, 4) is 0 Å². The number of amides is 2. The fraction of sp³-hybridized carbons (Fsp3) is 0.643. The van der Waals surface area contributed by atoms with E-state index in [1.807, 2.05) is 6.92 Å². The third-order valence-electron chi connectivity index (χ3n) is 2.98. The van der Waals surface area contributed by atoms with Gasteiger partial charge in [0, 0.05) is 6.07 Å². The molecule has 7 nitrogen and oxygen atoms in total. The lowest BCUT2D eigenvalue weighted by atomic mass is 10.1. The zero-order chi connectivity index (χ0) is 16.0. The van der Waals surface area contributed by atoms with Gasteiger partial charge in [-0.25, -0.2) is 0 Å². The zero-order valence-corrected chi connectivity index (χ0v) is 12.8. The van der Waals surface area contributed by atoms with Gasteiger partial charge in [-0.1, -0.05) is 32.3 Å². The summed E-state index contributed by atoms with van der Waals surface area (Å²) in [6.07, 6.45) is 0.0471. The fourth-order valence-corrected chi connectivity index (χ4v) is 1.75. The minimum absolute atomic E-state index is 0.215. The van der Waals surface area contributed by atoms with Crippen LogP contribution in [-0.4, -0.2) is 34.2 Å². The summed E-state index contributed by atoms with van der Waals surface area (Å²) in [6.45, 7) is 7.11. The lowest BCUT2D eigenvalue weighted by molar-refractivity contribution is -0.134. The number of hydrogen-bond acceptors (Lipinski definition) is 5. The quantitative estimate of drug-likeness (QED) is 0.702. The van der Waals surface area contributed by atoms with Crippen LogP contribution in [0.4, 0.5) is 5.88 Å². The summed E-state index contributed by atoms with van der Waals surface area (Å²) in [5.74, 6) is -0.922. The van der Waals surface area contributed by atoms with E-state index in [1.54, 1.807) is 26.8 Å². The summed E-state index contributed by atoms with van der Waals surface area (Å²) >= 11 is 0. The molecule has 0 radical (unpaired) electrons. The van der Waals surface area contributed by atoms with Crippen LogP contribution in [0.15, 0.2) is 10.6 Å². The Hall–Kier alpha value is -1.89. The van der Waals surface area contributed by atoms with Gasteiger partial charge in [0.25, 0.3) is 0 Å². The number of rotatable bonds is 7. The van der Waals surface area contributed by atoms with Crippen molar-refractivity contribution in [3.63, 3.8) is 0 Å². The minimum Gasteiger partial charge on any atom is -0.383 e. The van der Waals surface area contributed by atoms with Crippen LogP contribution in [0.1, 0.15) is 39.3 Å². The van der Waals surface area contributed by atoms with Gasteiger partial charge in [0.15, 0.2) is 0 Å². The van der Waals surface area contributed by atoms with Gasteiger partial charge < -0.3 is 14.9 Å². The molecule has 2 amide bonds. The lowest BCUT2D eigenvalue weighted by Gasteiger charge is -2.20. The second-order valence-corrected chi connectivity index (χ2v) is 5.36. The molecule has 1 heterocycles. The Bertz CT molecular complexity index is 484. The van der Waals surface area contributed by atoms with Crippen LogP contribution in [0.5, 0.6) is 0 Å². The Morgan fingerprint density at radius 2 is 2.05 bits per heavy atom. The molecule has 1 aromatic rings. The summed E-state index contributed by atoms with van der Waals surface area (Å²) in [5, 5.41) is 18.5. The average Bonchev–Trinajstić information content (AvgIpc) is 2.82. The normalized spacial score (nSPS) is 13.8. The van der Waals surface area contributed by atoms with Gasteiger partial charge in [0.1, 0.15) is 12.1 Å². The Labute approximate surface area is 124 Å². The second-order valence-electron chi connectivity index (χ2n) is 5.36. The van der Waals surface area contributed by atoms with E-state index in [9.17, 15) is 14.7 Å². The van der Waals surface area contributed by atoms with Gasteiger partial charge in [-0.3, -0.25) is 14.9 Å². The lowest BCUT2D eigenvalue weighted by Crippen LogP contribution is -2.48. The Morgan fingerprint density at radius 3 is 2.52 bits per heavy atom. The molecule has 0 fully saturated rings. The highest BCUT2D eigenvalue weighted by molar-refractivity contribution is 5.96. The summed E-state index contributed by atoms with van der Waals surface area (Å²) in [5.41, 5.74) is 0.650. The van der Waals surface area contributed by atoms with E-state index in [2.05, 4.69) is 15.8 Å². The molecular formula is C14H23N3O4. The Balaban J connectivity index is 2.67. The number of aromatic nitrogens is 1. The van der Waals surface area contributed by atoms with Gasteiger partial charge in [0.05, 0.1) is 5.69 Å². The van der Waals surface area contributed by atoms with E-state index in [0.717, 1.165) is 0 Å². The van der Waals surface area contributed by atoms with E-state index < -0.39 is 24.0 Å². The smallest absolute Gasteiger partial charge is 0.249 e. The molecule has 2 unspecified atom stereocenters. The van der Waals surface area contributed by atoms with E-state index in [4.69, 9.17) is 4.52 Å². The topological polar surface area (TPSA) is 104 Å². The third kappa shape index (κ3) is 5.18. The molecule has 21 heavy (non-hydrogen) atoms. The number of hydrogen-bond donors (Lipinski definition) is 3. The predicted molar refractivity (Wildman–Crippen MR) is 77.6 cm³/mol. The summed E-state index contributed by atoms with van der Waals surface area (Å²) < 4.78 is 4.91. The maximum absolute atomic E-state index is 12.1. The molecule has 3 N–H and O–H groups in total. The van der Waals surface area contributed by atoms with Crippen LogP contribution in [0, 0.1) is 12.8 Å². The third-order valence-corrected chi connectivity index (χ3v) is 2.98. The summed E-state index contributed by atoms with van der Waals surface area (Å²) in [4.78, 5) is 24.0. The molecule has 2 atom stereocenters. The minimum atomic E-state index is -1.13. The molecule has 118 valence electrons. The van der Waals surface area contributed by atoms with Crippen molar-refractivity contribution < 1.29 is 19.2 Å². The first-order valence-corrected chi connectivity index (χ1v) is 7.07. The standard InChI is InChI=1S/C14H23N3O4/c1-5-6-10(15-14(20)12(18)8(2)3)13(19)16-11-7-9(4)17-21-11/h7-8,10,12,18H,5-6H2,1-4H3,(H,15,20)(H,16,19). The molecule has 1 aromatic heterocycles. The van der Waals surface area contributed by atoms with Crippen molar-refractivity contribution in [2.24, 2.45) is 5.92 Å². The van der Waals surface area contributed by atoms with Crippen LogP contribution in [0.25, 0.3) is 0 Å². The van der Waals surface area contributed by atoms with E-state index in [-0.39, 0.29) is 11.8 Å². The molecule has 0 spiro atoms. The first kappa shape index (κ1) is 17.2. The zero-order valence-electron chi connectivity index (χ0n) is 12.8. The molecule has 1 rings (SSSR count). The first-order chi connectivity index (χ1) is 9.85. The summed E-state index contributed by atoms with van der Waals surface area (Å²) in [6, 6.07) is 0.868. The van der Waals surface area contributed by atoms with Crippen LogP contribution in [-0.2, 0) is 9.59 Å². The van der Waals surface area contributed by atoms with E-state index >= 15 is 0 Å². The molecule has 0 aliphatic carbocycles. The van der Waals surface area contributed by atoms with Crippen molar-refractivity contribution >= 4 is 17.7 Å².